The first kappa shape index (κ1) is 17.9. The predicted octanol–water partition coefficient (Wildman–Crippen LogP) is 3.44. The Balaban J connectivity index is 1.84. The van der Waals surface area contributed by atoms with Crippen LogP contribution in [0.3, 0.4) is 0 Å². The number of hydrogen-bond donors (Lipinski definition) is 1. The zero-order valence-corrected chi connectivity index (χ0v) is 15.4. The number of aromatic nitrogens is 1. The largest absolute Gasteiger partial charge is 0.368 e. The average molecular weight is 371 g/mol. The molecule has 2 amide bonds. The van der Waals surface area contributed by atoms with E-state index in [0.717, 1.165) is 17.7 Å². The second kappa shape index (κ2) is 7.64. The van der Waals surface area contributed by atoms with Gasteiger partial charge in [-0.1, -0.05) is 54.6 Å². The highest BCUT2D eigenvalue weighted by Gasteiger charge is 2.39. The van der Waals surface area contributed by atoms with Gasteiger partial charge in [0.05, 0.1) is 6.04 Å². The van der Waals surface area contributed by atoms with Crippen LogP contribution >= 0.6 is 0 Å². The van der Waals surface area contributed by atoms with Gasteiger partial charge in [-0.25, -0.2) is 0 Å². The quantitative estimate of drug-likeness (QED) is 0.746. The Morgan fingerprint density at radius 2 is 1.64 bits per heavy atom. The van der Waals surface area contributed by atoms with Gasteiger partial charge in [-0.05, 0) is 42.2 Å². The molecule has 5 heteroatoms. The van der Waals surface area contributed by atoms with Crippen molar-refractivity contribution in [3.05, 3.63) is 101 Å². The Morgan fingerprint density at radius 1 is 0.964 bits per heavy atom. The van der Waals surface area contributed by atoms with Crippen LogP contribution < -0.4 is 5.73 Å². The first-order valence-electron chi connectivity index (χ1n) is 9.32. The molecule has 1 aliphatic rings. The minimum Gasteiger partial charge on any atom is -0.368 e. The van der Waals surface area contributed by atoms with Crippen molar-refractivity contribution in [2.75, 3.05) is 0 Å². The molecule has 1 heterocycles. The summed E-state index contributed by atoms with van der Waals surface area (Å²) in [5.41, 5.74) is 9.01. The zero-order chi connectivity index (χ0) is 19.5. The maximum Gasteiger partial charge on any atom is 0.255 e. The lowest BCUT2D eigenvalue weighted by molar-refractivity contribution is -0.123. The third kappa shape index (κ3) is 3.27. The Morgan fingerprint density at radius 3 is 2.32 bits per heavy atom. The summed E-state index contributed by atoms with van der Waals surface area (Å²) < 4.78 is 0. The molecular weight excluding hydrogens is 350 g/mol. The first-order valence-corrected chi connectivity index (χ1v) is 9.32. The zero-order valence-electron chi connectivity index (χ0n) is 15.4. The van der Waals surface area contributed by atoms with Crippen molar-refractivity contribution in [1.29, 1.82) is 0 Å². The molecule has 0 radical (unpaired) electrons. The molecule has 2 aromatic carbocycles. The topological polar surface area (TPSA) is 76.3 Å². The summed E-state index contributed by atoms with van der Waals surface area (Å²) in [5, 5.41) is 0. The van der Waals surface area contributed by atoms with Gasteiger partial charge in [0, 0.05) is 17.5 Å². The lowest BCUT2D eigenvalue weighted by atomic mass is 9.98. The molecule has 28 heavy (non-hydrogen) atoms. The summed E-state index contributed by atoms with van der Waals surface area (Å²) in [4.78, 5) is 32.2. The van der Waals surface area contributed by atoms with Crippen LogP contribution in [0.2, 0.25) is 0 Å². The summed E-state index contributed by atoms with van der Waals surface area (Å²) in [6.45, 7) is 0. The van der Waals surface area contributed by atoms with E-state index in [0.29, 0.717) is 17.5 Å². The number of primary amides is 1. The lowest BCUT2D eigenvalue weighted by Crippen LogP contribution is -2.43. The Kier molecular flexibility index (Phi) is 4.89. The van der Waals surface area contributed by atoms with E-state index in [2.05, 4.69) is 4.98 Å². The molecule has 0 spiro atoms. The van der Waals surface area contributed by atoms with Gasteiger partial charge in [0.15, 0.2) is 0 Å². The second-order valence-electron chi connectivity index (χ2n) is 6.89. The van der Waals surface area contributed by atoms with Gasteiger partial charge in [0.2, 0.25) is 5.91 Å². The molecule has 2 N–H and O–H groups in total. The number of hydrogen-bond acceptors (Lipinski definition) is 3. The van der Waals surface area contributed by atoms with Crippen LogP contribution in [0.15, 0.2) is 79.0 Å². The number of nitrogens with two attached hydrogens (primary N) is 1. The molecule has 0 aliphatic heterocycles. The van der Waals surface area contributed by atoms with Crippen molar-refractivity contribution in [3.63, 3.8) is 0 Å². The summed E-state index contributed by atoms with van der Waals surface area (Å²) in [6.07, 6.45) is 3.23. The summed E-state index contributed by atoms with van der Waals surface area (Å²) in [7, 11) is 0. The molecule has 1 aromatic heterocycles. The number of carbonyl (C=O) groups excluding carboxylic acids is 2. The van der Waals surface area contributed by atoms with Crippen molar-refractivity contribution in [3.8, 4) is 0 Å². The number of benzene rings is 2. The van der Waals surface area contributed by atoms with Gasteiger partial charge >= 0.3 is 0 Å². The number of aryl methyl sites for hydroxylation is 1. The maximum absolute atomic E-state index is 13.6. The van der Waals surface area contributed by atoms with Crippen molar-refractivity contribution >= 4 is 11.8 Å². The molecule has 0 fully saturated rings. The van der Waals surface area contributed by atoms with Gasteiger partial charge in [-0.15, -0.1) is 0 Å². The maximum atomic E-state index is 13.6. The minimum absolute atomic E-state index is 0.213. The number of rotatable bonds is 5. The summed E-state index contributed by atoms with van der Waals surface area (Å²) in [5.74, 6) is -0.761. The average Bonchev–Trinajstić information content (AvgIpc) is 3.16. The van der Waals surface area contributed by atoms with E-state index >= 15 is 0 Å². The molecule has 5 nitrogen and oxygen atoms in total. The number of fused-ring (bicyclic) bond motifs is 1. The van der Waals surface area contributed by atoms with Gasteiger partial charge in [0.25, 0.3) is 5.91 Å². The van der Waals surface area contributed by atoms with E-state index < -0.39 is 11.9 Å². The minimum atomic E-state index is -0.856. The number of amides is 2. The van der Waals surface area contributed by atoms with Crippen LogP contribution in [0, 0.1) is 0 Å². The fraction of sp³-hybridized carbons (Fsp3) is 0.174. The molecule has 0 bridgehead atoms. The fourth-order valence-corrected chi connectivity index (χ4v) is 3.95. The lowest BCUT2D eigenvalue weighted by Gasteiger charge is -2.35. The second-order valence-corrected chi connectivity index (χ2v) is 6.89. The fourth-order valence-electron chi connectivity index (χ4n) is 3.95. The summed E-state index contributed by atoms with van der Waals surface area (Å²) in [6, 6.07) is 21.0. The highest BCUT2D eigenvalue weighted by Crippen LogP contribution is 2.40. The van der Waals surface area contributed by atoms with Crippen LogP contribution in [0.5, 0.6) is 0 Å². The van der Waals surface area contributed by atoms with Crippen molar-refractivity contribution in [1.82, 2.24) is 9.88 Å². The van der Waals surface area contributed by atoms with Crippen LogP contribution in [0.25, 0.3) is 0 Å². The highest BCUT2D eigenvalue weighted by molar-refractivity contribution is 5.98. The van der Waals surface area contributed by atoms with Crippen LogP contribution in [0.4, 0.5) is 0 Å². The van der Waals surface area contributed by atoms with Crippen molar-refractivity contribution in [2.45, 2.75) is 24.9 Å². The summed E-state index contributed by atoms with van der Waals surface area (Å²) >= 11 is 0. The van der Waals surface area contributed by atoms with Crippen molar-refractivity contribution < 1.29 is 9.59 Å². The third-order valence-corrected chi connectivity index (χ3v) is 5.19. The standard InChI is InChI=1S/C23H21N3O2/c24-22(27)21(16-8-3-1-4-9-16)26(23(28)17-10-5-2-6-11-17)20-14-13-19-18(20)12-7-15-25-19/h1-12,15,20-21H,13-14H2,(H2,24,27)/t20-,21-/m1/s1. The van der Waals surface area contributed by atoms with E-state index in [-0.39, 0.29) is 11.9 Å². The molecule has 4 rings (SSSR count). The number of carbonyl (C=O) groups is 2. The smallest absolute Gasteiger partial charge is 0.255 e. The number of nitrogens with zero attached hydrogens (tertiary/aromatic N) is 2. The molecule has 140 valence electrons. The molecular formula is C23H21N3O2. The van der Waals surface area contributed by atoms with Gasteiger partial charge in [-0.2, -0.15) is 0 Å². The molecule has 0 saturated heterocycles. The van der Waals surface area contributed by atoms with E-state index in [1.807, 2.05) is 60.7 Å². The number of pyridine rings is 1. The molecule has 0 saturated carbocycles. The van der Waals surface area contributed by atoms with Gasteiger partial charge < -0.3 is 10.6 Å². The van der Waals surface area contributed by atoms with E-state index in [1.54, 1.807) is 23.2 Å². The van der Waals surface area contributed by atoms with Gasteiger partial charge in [-0.3, -0.25) is 14.6 Å². The van der Waals surface area contributed by atoms with E-state index in [4.69, 9.17) is 5.73 Å². The molecule has 2 atom stereocenters. The molecule has 1 aliphatic carbocycles. The monoisotopic (exact) mass is 371 g/mol. The van der Waals surface area contributed by atoms with Crippen LogP contribution in [-0.4, -0.2) is 21.7 Å². The Bertz CT molecular complexity index is 989. The molecule has 0 unspecified atom stereocenters. The normalized spacial score (nSPS) is 16.2. The third-order valence-electron chi connectivity index (χ3n) is 5.19. The highest BCUT2D eigenvalue weighted by atomic mass is 16.2. The Labute approximate surface area is 163 Å². The van der Waals surface area contributed by atoms with E-state index in [9.17, 15) is 9.59 Å². The van der Waals surface area contributed by atoms with E-state index in [1.165, 1.54) is 0 Å². The Hall–Kier alpha value is -3.47. The SMILES string of the molecule is NC(=O)[C@@H](c1ccccc1)N(C(=O)c1ccccc1)[C@@H]1CCc2ncccc21. The van der Waals surface area contributed by atoms with Gasteiger partial charge in [0.1, 0.15) is 6.04 Å². The predicted molar refractivity (Wildman–Crippen MR) is 106 cm³/mol. The molecule has 3 aromatic rings. The van der Waals surface area contributed by atoms with Crippen LogP contribution in [-0.2, 0) is 11.2 Å². The van der Waals surface area contributed by atoms with Crippen molar-refractivity contribution in [2.24, 2.45) is 5.73 Å². The van der Waals surface area contributed by atoms with Crippen LogP contribution in [0.1, 0.15) is 45.7 Å². The first-order chi connectivity index (χ1) is 13.7.